The largest absolute Gasteiger partial charge is 0.497 e. The van der Waals surface area contributed by atoms with Crippen LogP contribution in [0, 0.1) is 0 Å². The number of nitrogens with one attached hydrogen (secondary N) is 2. The van der Waals surface area contributed by atoms with Crippen LogP contribution in [0.3, 0.4) is 0 Å². The van der Waals surface area contributed by atoms with Crippen molar-refractivity contribution in [3.8, 4) is 17.1 Å². The van der Waals surface area contributed by atoms with Gasteiger partial charge >= 0.3 is 0 Å². The molecule has 0 bridgehead atoms. The molecule has 0 aliphatic heterocycles. The number of nitrogens with zero attached hydrogens (tertiary/aromatic N) is 2. The van der Waals surface area contributed by atoms with Crippen molar-refractivity contribution < 1.29 is 9.53 Å². The van der Waals surface area contributed by atoms with E-state index in [1.165, 1.54) is 0 Å². The standard InChI is InChI=1S/C16H21N5O2/c1-23-12-6-4-11(5-7-12)14-19-13(20-21-14)10-18-15(22)16(17)8-2-3-9-16/h4-7H,2-3,8-10,17H2,1H3,(H,18,22)(H,19,20,21). The molecule has 0 saturated heterocycles. The second-order valence-corrected chi connectivity index (χ2v) is 5.88. The zero-order valence-corrected chi connectivity index (χ0v) is 13.1. The molecule has 1 amide bonds. The summed E-state index contributed by atoms with van der Waals surface area (Å²) in [7, 11) is 1.62. The van der Waals surface area contributed by atoms with Gasteiger partial charge in [0.2, 0.25) is 5.91 Å². The smallest absolute Gasteiger partial charge is 0.240 e. The Bertz CT molecular complexity index is 674. The first-order valence-electron chi connectivity index (χ1n) is 7.74. The van der Waals surface area contributed by atoms with E-state index in [-0.39, 0.29) is 5.91 Å². The number of hydrogen-bond donors (Lipinski definition) is 3. The molecule has 1 aliphatic rings. The predicted octanol–water partition coefficient (Wildman–Crippen LogP) is 1.37. The van der Waals surface area contributed by atoms with E-state index < -0.39 is 5.54 Å². The van der Waals surface area contributed by atoms with Crippen molar-refractivity contribution in [2.24, 2.45) is 5.73 Å². The summed E-state index contributed by atoms with van der Waals surface area (Å²) in [6.07, 6.45) is 3.50. The van der Waals surface area contributed by atoms with Gasteiger partial charge in [0.05, 0.1) is 19.2 Å². The average molecular weight is 315 g/mol. The number of rotatable bonds is 5. The highest BCUT2D eigenvalue weighted by molar-refractivity contribution is 5.86. The maximum Gasteiger partial charge on any atom is 0.240 e. The predicted molar refractivity (Wildman–Crippen MR) is 85.6 cm³/mol. The summed E-state index contributed by atoms with van der Waals surface area (Å²) in [6.45, 7) is 0.293. The second-order valence-electron chi connectivity index (χ2n) is 5.88. The van der Waals surface area contributed by atoms with Gasteiger partial charge in [0.15, 0.2) is 5.82 Å². The Balaban J connectivity index is 1.61. The molecular weight excluding hydrogens is 294 g/mol. The molecule has 0 unspecified atom stereocenters. The number of methoxy groups -OCH3 is 1. The summed E-state index contributed by atoms with van der Waals surface area (Å²) < 4.78 is 5.13. The van der Waals surface area contributed by atoms with Gasteiger partial charge in [0.1, 0.15) is 11.6 Å². The van der Waals surface area contributed by atoms with Crippen LogP contribution in [-0.4, -0.2) is 33.7 Å². The third kappa shape index (κ3) is 3.34. The molecule has 1 aromatic heterocycles. The van der Waals surface area contributed by atoms with Gasteiger partial charge in [-0.15, -0.1) is 0 Å². The van der Waals surface area contributed by atoms with Gasteiger partial charge < -0.3 is 15.8 Å². The molecule has 0 atom stereocenters. The fourth-order valence-corrected chi connectivity index (χ4v) is 2.82. The SMILES string of the molecule is COc1ccc(-c2n[nH]c(CNC(=O)C3(N)CCCC3)n2)cc1. The van der Waals surface area contributed by atoms with Crippen LogP contribution < -0.4 is 15.8 Å². The number of carbonyl (C=O) groups excluding carboxylic acids is 1. The highest BCUT2D eigenvalue weighted by Crippen LogP contribution is 2.27. The Labute approximate surface area is 134 Å². The van der Waals surface area contributed by atoms with Gasteiger partial charge in [-0.1, -0.05) is 12.8 Å². The van der Waals surface area contributed by atoms with Crippen LogP contribution in [0.5, 0.6) is 5.75 Å². The molecule has 3 rings (SSSR count). The fraction of sp³-hybridized carbons (Fsp3) is 0.438. The molecule has 0 spiro atoms. The van der Waals surface area contributed by atoms with Crippen LogP contribution in [0.25, 0.3) is 11.4 Å². The highest BCUT2D eigenvalue weighted by Gasteiger charge is 2.36. The summed E-state index contributed by atoms with van der Waals surface area (Å²) in [5.74, 6) is 1.85. The van der Waals surface area contributed by atoms with Gasteiger partial charge in [-0.2, -0.15) is 5.10 Å². The van der Waals surface area contributed by atoms with Crippen molar-refractivity contribution in [2.75, 3.05) is 7.11 Å². The highest BCUT2D eigenvalue weighted by atomic mass is 16.5. The minimum absolute atomic E-state index is 0.114. The Morgan fingerprint density at radius 1 is 1.35 bits per heavy atom. The Morgan fingerprint density at radius 3 is 2.70 bits per heavy atom. The van der Waals surface area contributed by atoms with E-state index in [0.29, 0.717) is 18.2 Å². The molecule has 1 aliphatic carbocycles. The molecule has 0 radical (unpaired) electrons. The molecule has 1 aromatic carbocycles. The minimum atomic E-state index is -0.723. The molecule has 4 N–H and O–H groups in total. The normalized spacial score (nSPS) is 16.3. The Hall–Kier alpha value is -2.41. The number of aromatic amines is 1. The van der Waals surface area contributed by atoms with Crippen molar-refractivity contribution in [3.05, 3.63) is 30.1 Å². The lowest BCUT2D eigenvalue weighted by Gasteiger charge is -2.21. The Morgan fingerprint density at radius 2 is 2.04 bits per heavy atom. The van der Waals surface area contributed by atoms with Crippen molar-refractivity contribution >= 4 is 5.91 Å². The van der Waals surface area contributed by atoms with Gasteiger partial charge in [0, 0.05) is 5.56 Å². The van der Waals surface area contributed by atoms with E-state index in [1.54, 1.807) is 7.11 Å². The molecule has 23 heavy (non-hydrogen) atoms. The first-order chi connectivity index (χ1) is 11.1. The summed E-state index contributed by atoms with van der Waals surface area (Å²) in [5, 5.41) is 9.87. The molecule has 122 valence electrons. The number of nitrogens with two attached hydrogens (primary N) is 1. The summed E-state index contributed by atoms with van der Waals surface area (Å²) in [5.41, 5.74) is 6.28. The fourth-order valence-electron chi connectivity index (χ4n) is 2.82. The number of aromatic nitrogens is 3. The van der Waals surface area contributed by atoms with Crippen LogP contribution in [-0.2, 0) is 11.3 Å². The zero-order chi connectivity index (χ0) is 16.3. The Kier molecular flexibility index (Phi) is 4.29. The van der Waals surface area contributed by atoms with Crippen LogP contribution in [0.4, 0.5) is 0 Å². The summed E-state index contributed by atoms with van der Waals surface area (Å²) >= 11 is 0. The topological polar surface area (TPSA) is 106 Å². The van der Waals surface area contributed by atoms with E-state index in [9.17, 15) is 4.79 Å². The average Bonchev–Trinajstić information content (AvgIpc) is 3.22. The maximum absolute atomic E-state index is 12.2. The quantitative estimate of drug-likeness (QED) is 0.772. The summed E-state index contributed by atoms with van der Waals surface area (Å²) in [4.78, 5) is 16.6. The second kappa shape index (κ2) is 6.37. The van der Waals surface area contributed by atoms with E-state index in [0.717, 1.165) is 37.0 Å². The zero-order valence-electron chi connectivity index (χ0n) is 13.1. The van der Waals surface area contributed by atoms with Crippen molar-refractivity contribution in [1.29, 1.82) is 0 Å². The number of benzene rings is 1. The number of carbonyl (C=O) groups is 1. The molecule has 1 fully saturated rings. The summed E-state index contributed by atoms with van der Waals surface area (Å²) in [6, 6.07) is 7.48. The number of hydrogen-bond acceptors (Lipinski definition) is 5. The van der Waals surface area contributed by atoms with Gasteiger partial charge in [-0.3, -0.25) is 9.89 Å². The third-order valence-electron chi connectivity index (χ3n) is 4.24. The monoisotopic (exact) mass is 315 g/mol. The first kappa shape index (κ1) is 15.5. The van der Waals surface area contributed by atoms with Crippen LogP contribution in [0.15, 0.2) is 24.3 Å². The van der Waals surface area contributed by atoms with Crippen molar-refractivity contribution in [3.63, 3.8) is 0 Å². The van der Waals surface area contributed by atoms with Crippen molar-refractivity contribution in [2.45, 2.75) is 37.8 Å². The lowest BCUT2D eigenvalue weighted by Crippen LogP contribution is -2.51. The molecule has 1 heterocycles. The molecule has 1 saturated carbocycles. The van der Waals surface area contributed by atoms with E-state index in [4.69, 9.17) is 10.5 Å². The van der Waals surface area contributed by atoms with Crippen LogP contribution >= 0.6 is 0 Å². The maximum atomic E-state index is 12.2. The van der Waals surface area contributed by atoms with Crippen LogP contribution in [0.1, 0.15) is 31.5 Å². The first-order valence-corrected chi connectivity index (χ1v) is 7.74. The minimum Gasteiger partial charge on any atom is -0.497 e. The lowest BCUT2D eigenvalue weighted by atomic mass is 9.98. The van der Waals surface area contributed by atoms with Crippen LogP contribution in [0.2, 0.25) is 0 Å². The van der Waals surface area contributed by atoms with Gasteiger partial charge in [0.25, 0.3) is 0 Å². The number of H-pyrrole nitrogens is 1. The molecule has 7 heteroatoms. The van der Waals surface area contributed by atoms with Gasteiger partial charge in [-0.05, 0) is 37.1 Å². The molecule has 7 nitrogen and oxygen atoms in total. The van der Waals surface area contributed by atoms with Gasteiger partial charge in [-0.25, -0.2) is 4.98 Å². The van der Waals surface area contributed by atoms with E-state index in [2.05, 4.69) is 20.5 Å². The van der Waals surface area contributed by atoms with Crippen molar-refractivity contribution in [1.82, 2.24) is 20.5 Å². The lowest BCUT2D eigenvalue weighted by molar-refractivity contribution is -0.126. The molecular formula is C16H21N5O2. The third-order valence-corrected chi connectivity index (χ3v) is 4.24. The van der Waals surface area contributed by atoms with E-state index in [1.807, 2.05) is 24.3 Å². The van der Waals surface area contributed by atoms with E-state index >= 15 is 0 Å². The number of amides is 1. The number of ether oxygens (including phenoxy) is 1. The molecule has 2 aromatic rings.